The Bertz CT molecular complexity index is 606. The third kappa shape index (κ3) is 3.78. The summed E-state index contributed by atoms with van der Waals surface area (Å²) in [5.74, 6) is 0.181. The maximum absolute atomic E-state index is 8.03. The van der Waals surface area contributed by atoms with Gasteiger partial charge in [-0.3, -0.25) is 0 Å². The minimum Gasteiger partial charge on any atom is -0.660 e. The number of rotatable bonds is 4. The number of piperidine rings is 1. The average molecular weight is 337 g/mol. The molecule has 1 N–H and O–H groups in total. The lowest BCUT2D eigenvalue weighted by Gasteiger charge is -2.32. The van der Waals surface area contributed by atoms with E-state index in [2.05, 4.69) is 36.3 Å². The summed E-state index contributed by atoms with van der Waals surface area (Å²) in [6.07, 6.45) is 5.24. The van der Waals surface area contributed by atoms with Gasteiger partial charge in [-0.25, -0.2) is 0 Å². The zero-order chi connectivity index (χ0) is 15.5. The zero-order valence-electron chi connectivity index (χ0n) is 13.7. The number of hydrogen-bond donors (Lipinski definition) is 0. The van der Waals surface area contributed by atoms with Crippen LogP contribution in [0, 0.1) is 0 Å². The molecule has 1 fully saturated rings. The second kappa shape index (κ2) is 7.68. The van der Waals surface area contributed by atoms with E-state index in [0.29, 0.717) is 12.1 Å². The first kappa shape index (κ1) is 17.6. The summed E-state index contributed by atoms with van der Waals surface area (Å²) in [4.78, 5) is 1.85. The van der Waals surface area contributed by atoms with Crippen LogP contribution in [0.5, 0.6) is 0 Å². The van der Waals surface area contributed by atoms with Crippen LogP contribution in [0.3, 0.4) is 0 Å². The minimum absolute atomic E-state index is 0. The molecule has 1 aliphatic heterocycles. The minimum atomic E-state index is 0. The van der Waals surface area contributed by atoms with E-state index in [1.54, 1.807) is 0 Å². The lowest BCUT2D eigenvalue weighted by molar-refractivity contribution is -0.771. The van der Waals surface area contributed by atoms with E-state index in [1.807, 2.05) is 23.0 Å². The molecule has 1 aromatic carbocycles. The van der Waals surface area contributed by atoms with Crippen molar-refractivity contribution in [3.63, 3.8) is 0 Å². The monoisotopic (exact) mass is 336 g/mol. The topological polar surface area (TPSA) is 57.0 Å². The van der Waals surface area contributed by atoms with Crippen molar-refractivity contribution in [2.75, 3.05) is 5.01 Å². The number of benzene rings is 1. The average Bonchev–Trinajstić information content (AvgIpc) is 2.87. The fourth-order valence-corrected chi connectivity index (χ4v) is 3.36. The molecule has 0 aliphatic carbocycles. The summed E-state index contributed by atoms with van der Waals surface area (Å²) in [5, 5.41) is 6.40. The van der Waals surface area contributed by atoms with E-state index in [0.717, 1.165) is 31.4 Å². The fraction of sp³-hybridized carbons (Fsp3) is 0.529. The number of hydrogen-bond acceptors (Lipinski definition) is 3. The van der Waals surface area contributed by atoms with Gasteiger partial charge >= 0.3 is 0 Å². The molecule has 2 aromatic rings. The van der Waals surface area contributed by atoms with Gasteiger partial charge in [-0.1, -0.05) is 30.3 Å². The Kier molecular flexibility index (Phi) is 5.88. The van der Waals surface area contributed by atoms with Gasteiger partial charge in [0.1, 0.15) is 5.88 Å². The molecule has 0 saturated carbocycles. The molecule has 1 aromatic heterocycles. The van der Waals surface area contributed by atoms with Crippen molar-refractivity contribution < 1.29 is 9.31 Å². The van der Waals surface area contributed by atoms with Gasteiger partial charge < -0.3 is 10.3 Å². The highest BCUT2D eigenvalue weighted by Crippen LogP contribution is 2.21. The van der Waals surface area contributed by atoms with Crippen LogP contribution < -0.4 is 9.80 Å². The summed E-state index contributed by atoms with van der Waals surface area (Å²) in [7, 11) is 0. The zero-order valence-corrected chi connectivity index (χ0v) is 14.6. The van der Waals surface area contributed by atoms with Crippen molar-refractivity contribution in [2.45, 2.75) is 58.0 Å². The summed E-state index contributed by atoms with van der Waals surface area (Å²) >= 11 is 0. The SMILES string of the molecule is CC1CCCC(C)N1[n+]1noc([NH-])c1CCc1ccccc1.Cl. The quantitative estimate of drug-likeness (QED) is 0.799. The second-order valence-electron chi connectivity index (χ2n) is 6.23. The molecule has 0 radical (unpaired) electrons. The summed E-state index contributed by atoms with van der Waals surface area (Å²) in [5.41, 5.74) is 10.2. The van der Waals surface area contributed by atoms with Crippen LogP contribution in [0.1, 0.15) is 44.4 Å². The summed E-state index contributed by atoms with van der Waals surface area (Å²) < 4.78 is 5.17. The highest BCUT2D eigenvalue weighted by Gasteiger charge is 2.36. The van der Waals surface area contributed by atoms with Crippen molar-refractivity contribution in [1.29, 1.82) is 0 Å². The molecule has 2 atom stereocenters. The van der Waals surface area contributed by atoms with Gasteiger partial charge in [0, 0.05) is 6.42 Å². The second-order valence-corrected chi connectivity index (χ2v) is 6.23. The number of aryl methyl sites for hydroxylation is 1. The Labute approximate surface area is 143 Å². The van der Waals surface area contributed by atoms with E-state index >= 15 is 0 Å². The molecule has 0 amide bonds. The lowest BCUT2D eigenvalue weighted by Crippen LogP contribution is -2.69. The number of aromatic nitrogens is 2. The molecular formula is C17H25ClN4O. The Balaban J connectivity index is 0.00000192. The molecular weight excluding hydrogens is 312 g/mol. The predicted molar refractivity (Wildman–Crippen MR) is 92.8 cm³/mol. The van der Waals surface area contributed by atoms with Crippen LogP contribution in [0.2, 0.25) is 0 Å². The highest BCUT2D eigenvalue weighted by molar-refractivity contribution is 5.85. The van der Waals surface area contributed by atoms with Gasteiger partial charge in [0.15, 0.2) is 0 Å². The van der Waals surface area contributed by atoms with Crippen molar-refractivity contribution in [2.24, 2.45) is 0 Å². The van der Waals surface area contributed by atoms with Gasteiger partial charge in [-0.2, -0.15) is 0 Å². The number of nitrogens with one attached hydrogen (secondary N) is 1. The van der Waals surface area contributed by atoms with Crippen LogP contribution in [0.15, 0.2) is 34.9 Å². The first-order valence-corrected chi connectivity index (χ1v) is 8.12. The fourth-order valence-electron chi connectivity index (χ4n) is 3.36. The van der Waals surface area contributed by atoms with Crippen LogP contribution in [0.4, 0.5) is 5.88 Å². The van der Waals surface area contributed by atoms with Crippen LogP contribution in [0.25, 0.3) is 5.73 Å². The Morgan fingerprint density at radius 3 is 2.48 bits per heavy atom. The molecule has 6 heteroatoms. The van der Waals surface area contributed by atoms with Crippen LogP contribution in [-0.4, -0.2) is 17.4 Å². The van der Waals surface area contributed by atoms with Crippen LogP contribution >= 0.6 is 12.4 Å². The van der Waals surface area contributed by atoms with Crippen molar-refractivity contribution in [3.8, 4) is 0 Å². The Hall–Kier alpha value is -1.75. The van der Waals surface area contributed by atoms with E-state index in [4.69, 9.17) is 10.3 Å². The predicted octanol–water partition coefficient (Wildman–Crippen LogP) is 3.75. The van der Waals surface area contributed by atoms with Gasteiger partial charge in [0.2, 0.25) is 5.27 Å². The molecule has 5 nitrogen and oxygen atoms in total. The summed E-state index contributed by atoms with van der Waals surface area (Å²) in [6.45, 7) is 4.45. The smallest absolute Gasteiger partial charge is 0.268 e. The molecule has 1 aliphatic rings. The van der Waals surface area contributed by atoms with Gasteiger partial charge in [0.25, 0.3) is 5.69 Å². The van der Waals surface area contributed by atoms with Gasteiger partial charge in [0.05, 0.1) is 16.9 Å². The Morgan fingerprint density at radius 1 is 1.17 bits per heavy atom. The molecule has 0 spiro atoms. The summed E-state index contributed by atoms with van der Waals surface area (Å²) in [6, 6.07) is 11.2. The standard InChI is InChI=1S/C17H24N4O.ClH/c1-13-7-6-8-14(2)20(13)21-16(17(18)22-19-21)12-11-15-9-4-3-5-10-15;/h3-5,9-10,13-14,18H,6-8,11-12H2,1-2H3;1H. The molecule has 1 saturated heterocycles. The first-order chi connectivity index (χ1) is 10.7. The molecule has 2 unspecified atom stereocenters. The largest absolute Gasteiger partial charge is 0.660 e. The molecule has 3 rings (SSSR count). The van der Waals surface area contributed by atoms with Crippen molar-refractivity contribution in [3.05, 3.63) is 47.3 Å². The third-order valence-corrected chi connectivity index (χ3v) is 4.57. The molecule has 2 heterocycles. The number of halogens is 1. The highest BCUT2D eigenvalue weighted by atomic mass is 35.5. The van der Waals surface area contributed by atoms with Gasteiger partial charge in [-0.15, -0.1) is 17.4 Å². The van der Waals surface area contributed by atoms with Gasteiger partial charge in [-0.05, 0) is 45.1 Å². The van der Waals surface area contributed by atoms with Crippen LogP contribution in [-0.2, 0) is 12.8 Å². The first-order valence-electron chi connectivity index (χ1n) is 8.12. The number of nitrogens with zero attached hydrogens (tertiary/aromatic N) is 3. The van der Waals surface area contributed by atoms with E-state index in [-0.39, 0.29) is 18.3 Å². The van der Waals surface area contributed by atoms with E-state index in [1.165, 1.54) is 12.0 Å². The van der Waals surface area contributed by atoms with E-state index in [9.17, 15) is 0 Å². The lowest BCUT2D eigenvalue weighted by atomic mass is 10.00. The molecule has 126 valence electrons. The molecule has 23 heavy (non-hydrogen) atoms. The third-order valence-electron chi connectivity index (χ3n) is 4.57. The van der Waals surface area contributed by atoms with E-state index < -0.39 is 0 Å². The maximum Gasteiger partial charge on any atom is 0.268 e. The van der Waals surface area contributed by atoms with Crippen molar-refractivity contribution >= 4 is 18.3 Å². The maximum atomic E-state index is 8.03. The Morgan fingerprint density at radius 2 is 1.83 bits per heavy atom. The van der Waals surface area contributed by atoms with Crippen molar-refractivity contribution in [1.82, 2.24) is 5.27 Å². The molecule has 0 bridgehead atoms. The normalized spacial score (nSPS) is 21.0.